The zero-order chi connectivity index (χ0) is 43.2. The molecule has 0 saturated carbocycles. The Morgan fingerprint density at radius 2 is 0.583 bits per heavy atom. The topological polar surface area (TPSA) is 73.8 Å². The molecule has 358 valence electrons. The molecule has 0 aliphatic heterocycles. The highest BCUT2D eigenvalue weighted by Gasteiger charge is 2.10. The van der Waals surface area contributed by atoms with E-state index in [0.717, 1.165) is 31.8 Å². The summed E-state index contributed by atoms with van der Waals surface area (Å²) in [4.78, 5) is 0. The van der Waals surface area contributed by atoms with Crippen LogP contribution < -0.4 is 0 Å². The van der Waals surface area contributed by atoms with Crippen LogP contribution in [0.2, 0.25) is 0 Å². The minimum absolute atomic E-state index is 0.0395. The molecule has 0 saturated heterocycles. The van der Waals surface area contributed by atoms with Crippen molar-refractivity contribution in [3.63, 3.8) is 0 Å². The zero-order valence-electron chi connectivity index (χ0n) is 39.7. The van der Waals surface area contributed by atoms with E-state index in [1.807, 2.05) is 0 Å². The highest BCUT2D eigenvalue weighted by molar-refractivity contribution is 7.80. The van der Waals surface area contributed by atoms with Crippen LogP contribution in [0.1, 0.15) is 194 Å². The number of ether oxygens (including phenoxy) is 8. The van der Waals surface area contributed by atoms with Gasteiger partial charge < -0.3 is 37.9 Å². The maximum Gasteiger partial charge on any atom is 0.104 e. The van der Waals surface area contributed by atoms with Gasteiger partial charge in [-0.3, -0.25) is 0 Å². The first kappa shape index (κ1) is 59.5. The summed E-state index contributed by atoms with van der Waals surface area (Å²) in [7, 11) is 0. The summed E-state index contributed by atoms with van der Waals surface area (Å²) in [6, 6.07) is 0. The van der Waals surface area contributed by atoms with Crippen LogP contribution >= 0.6 is 12.6 Å². The van der Waals surface area contributed by atoms with E-state index in [1.54, 1.807) is 0 Å². The molecule has 0 radical (unpaired) electrons. The smallest absolute Gasteiger partial charge is 0.104 e. The van der Waals surface area contributed by atoms with Crippen molar-refractivity contribution in [2.24, 2.45) is 0 Å². The highest BCUT2D eigenvalue weighted by atomic mass is 32.1. The molecule has 8 nitrogen and oxygen atoms in total. The number of hydrogen-bond donors (Lipinski definition) is 1. The minimum Gasteiger partial charge on any atom is -0.379 e. The molecule has 9 heteroatoms. The molecule has 0 aromatic rings. The molecule has 0 rings (SSSR count). The van der Waals surface area contributed by atoms with E-state index in [0.29, 0.717) is 85.9 Å². The van der Waals surface area contributed by atoms with Gasteiger partial charge in [0.05, 0.1) is 85.9 Å². The predicted octanol–water partition coefficient (Wildman–Crippen LogP) is 13.5. The van der Waals surface area contributed by atoms with Crippen molar-refractivity contribution >= 4 is 12.6 Å². The number of unbranched alkanes of at least 4 members (excludes halogenated alkanes) is 24. The lowest BCUT2D eigenvalue weighted by Gasteiger charge is -2.18. The molecule has 60 heavy (non-hydrogen) atoms. The Balaban J connectivity index is 4.02. The molecule has 0 aliphatic carbocycles. The fourth-order valence-electron chi connectivity index (χ4n) is 6.79. The van der Waals surface area contributed by atoms with Gasteiger partial charge in [-0.05, 0) is 64.2 Å². The Bertz CT molecular complexity index is 816. The van der Waals surface area contributed by atoms with Gasteiger partial charge in [-0.2, -0.15) is 12.6 Å². The van der Waals surface area contributed by atoms with Crippen LogP contribution in [0.3, 0.4) is 0 Å². The maximum atomic E-state index is 6.27. The van der Waals surface area contributed by atoms with Gasteiger partial charge in [0, 0.05) is 19.0 Å². The number of thiol groups is 1. The Hall–Kier alpha value is -0.490. The van der Waals surface area contributed by atoms with E-state index in [4.69, 9.17) is 37.9 Å². The van der Waals surface area contributed by atoms with E-state index in [-0.39, 0.29) is 6.10 Å². The standard InChI is InChI=1S/C51H100O8S/c1-3-5-7-9-11-13-15-17-19-21-23-25-27-29-31-33-35-57-49-51(59-36-34-32-30-28-26-24-22-20-18-16-14-12-10-8-6-4-2)50-58-46-45-55-42-41-53-38-37-52-39-40-54-43-44-56-47-48-60/h17-20,51,60H,3-16,21-50H2,1-2H3/b19-17?,20-18-. The van der Waals surface area contributed by atoms with Crippen molar-refractivity contribution in [3.8, 4) is 0 Å². The summed E-state index contributed by atoms with van der Waals surface area (Å²) in [5.41, 5.74) is 0. The number of hydrogen-bond acceptors (Lipinski definition) is 9. The molecular weight excluding hydrogens is 773 g/mol. The second-order valence-corrected chi connectivity index (χ2v) is 16.8. The lowest BCUT2D eigenvalue weighted by Crippen LogP contribution is -2.27. The van der Waals surface area contributed by atoms with E-state index >= 15 is 0 Å². The molecule has 0 aromatic heterocycles. The summed E-state index contributed by atoms with van der Waals surface area (Å²) in [6.07, 6.45) is 46.4. The fourth-order valence-corrected chi connectivity index (χ4v) is 6.92. The molecular formula is C51H100O8S. The van der Waals surface area contributed by atoms with Crippen LogP contribution in [0, 0.1) is 0 Å². The van der Waals surface area contributed by atoms with Gasteiger partial charge in [-0.15, -0.1) is 0 Å². The molecule has 0 aliphatic rings. The largest absolute Gasteiger partial charge is 0.379 e. The first-order valence-electron chi connectivity index (χ1n) is 25.4. The normalized spacial score (nSPS) is 12.5. The number of rotatable bonds is 54. The average Bonchev–Trinajstić information content (AvgIpc) is 3.26. The van der Waals surface area contributed by atoms with E-state index in [2.05, 4.69) is 50.8 Å². The van der Waals surface area contributed by atoms with Gasteiger partial charge in [0.1, 0.15) is 6.10 Å². The van der Waals surface area contributed by atoms with E-state index in [9.17, 15) is 0 Å². The summed E-state index contributed by atoms with van der Waals surface area (Å²) in [5, 5.41) is 0. The van der Waals surface area contributed by atoms with Gasteiger partial charge in [0.25, 0.3) is 0 Å². The molecule has 0 amide bonds. The van der Waals surface area contributed by atoms with Gasteiger partial charge in [0.15, 0.2) is 0 Å². The van der Waals surface area contributed by atoms with Gasteiger partial charge in [-0.1, -0.05) is 154 Å². The van der Waals surface area contributed by atoms with Crippen molar-refractivity contribution in [2.45, 2.75) is 200 Å². The highest BCUT2D eigenvalue weighted by Crippen LogP contribution is 2.12. The zero-order valence-corrected chi connectivity index (χ0v) is 40.6. The van der Waals surface area contributed by atoms with E-state index in [1.165, 1.54) is 167 Å². The SMILES string of the molecule is CCCCCCCCC=CCCCCCCCCOCC(COCCOCCOCCOCCOCCOCCS)OCCCCCCCC/C=C\CCCCCCCC. The Morgan fingerprint density at radius 1 is 0.300 bits per heavy atom. The first-order chi connectivity index (χ1) is 29.8. The van der Waals surface area contributed by atoms with Crippen molar-refractivity contribution in [1.82, 2.24) is 0 Å². The van der Waals surface area contributed by atoms with Crippen molar-refractivity contribution in [2.75, 3.05) is 105 Å². The Kier molecular flexibility index (Phi) is 56.1. The summed E-state index contributed by atoms with van der Waals surface area (Å²) >= 11 is 4.11. The minimum atomic E-state index is -0.0395. The van der Waals surface area contributed by atoms with Crippen molar-refractivity contribution < 1.29 is 37.9 Å². The maximum absolute atomic E-state index is 6.27. The molecule has 1 atom stereocenters. The summed E-state index contributed by atoms with van der Waals surface area (Å²) in [5.74, 6) is 0.727. The van der Waals surface area contributed by atoms with Crippen LogP contribution in [-0.4, -0.2) is 111 Å². The van der Waals surface area contributed by atoms with Gasteiger partial charge in [-0.25, -0.2) is 0 Å². The second-order valence-electron chi connectivity index (χ2n) is 16.3. The average molecular weight is 873 g/mol. The summed E-state index contributed by atoms with van der Waals surface area (Å²) < 4.78 is 45.9. The molecule has 0 N–H and O–H groups in total. The predicted molar refractivity (Wildman–Crippen MR) is 258 cm³/mol. The summed E-state index contributed by atoms with van der Waals surface area (Å²) in [6.45, 7) is 13.4. The van der Waals surface area contributed by atoms with Crippen LogP contribution in [0.5, 0.6) is 0 Å². The van der Waals surface area contributed by atoms with Crippen LogP contribution in [0.4, 0.5) is 0 Å². The van der Waals surface area contributed by atoms with Crippen LogP contribution in [0.25, 0.3) is 0 Å². The van der Waals surface area contributed by atoms with Gasteiger partial charge >= 0.3 is 0 Å². The second kappa shape index (κ2) is 56.5. The monoisotopic (exact) mass is 873 g/mol. The first-order valence-corrected chi connectivity index (χ1v) is 26.0. The molecule has 0 fully saturated rings. The third kappa shape index (κ3) is 53.6. The lowest BCUT2D eigenvalue weighted by molar-refractivity contribution is -0.0702. The van der Waals surface area contributed by atoms with Crippen LogP contribution in [0.15, 0.2) is 24.3 Å². The fraction of sp³-hybridized carbons (Fsp3) is 0.922. The Morgan fingerprint density at radius 3 is 0.950 bits per heavy atom. The van der Waals surface area contributed by atoms with Crippen molar-refractivity contribution in [3.05, 3.63) is 24.3 Å². The lowest BCUT2D eigenvalue weighted by atomic mass is 10.1. The third-order valence-electron chi connectivity index (χ3n) is 10.5. The van der Waals surface area contributed by atoms with E-state index < -0.39 is 0 Å². The van der Waals surface area contributed by atoms with Gasteiger partial charge in [0.2, 0.25) is 0 Å². The molecule has 0 aromatic carbocycles. The molecule has 0 bridgehead atoms. The molecule has 0 heterocycles. The quantitative estimate of drug-likeness (QED) is 0.0368. The molecule has 0 spiro atoms. The number of allylic oxidation sites excluding steroid dienone is 4. The van der Waals surface area contributed by atoms with Crippen molar-refractivity contribution in [1.29, 1.82) is 0 Å². The van der Waals surface area contributed by atoms with Crippen LogP contribution in [-0.2, 0) is 37.9 Å². The third-order valence-corrected chi connectivity index (χ3v) is 10.7. The Labute approximate surface area is 378 Å². The molecule has 1 unspecified atom stereocenters.